The lowest BCUT2D eigenvalue weighted by atomic mass is 10.2. The summed E-state index contributed by atoms with van der Waals surface area (Å²) in [6, 6.07) is 6.76. The van der Waals surface area contributed by atoms with E-state index in [1.165, 1.54) is 6.26 Å². The second-order valence-corrected chi connectivity index (χ2v) is 6.68. The van der Waals surface area contributed by atoms with E-state index in [9.17, 15) is 8.42 Å². The molecule has 108 valence electrons. The molecule has 0 saturated heterocycles. The quantitative estimate of drug-likeness (QED) is 0.799. The number of rotatable bonds is 3. The molecule has 0 bridgehead atoms. The van der Waals surface area contributed by atoms with Gasteiger partial charge < -0.3 is 5.32 Å². The molecule has 2 aromatic heterocycles. The lowest BCUT2D eigenvalue weighted by Gasteiger charge is -2.05. The van der Waals surface area contributed by atoms with Gasteiger partial charge in [0, 0.05) is 31.3 Å². The van der Waals surface area contributed by atoms with Crippen LogP contribution < -0.4 is 5.32 Å². The van der Waals surface area contributed by atoms with Gasteiger partial charge >= 0.3 is 0 Å². The first kappa shape index (κ1) is 13.6. The number of fused-ring (bicyclic) bond motifs is 1. The van der Waals surface area contributed by atoms with Crippen LogP contribution in [-0.4, -0.2) is 36.1 Å². The molecule has 1 N–H and O–H groups in total. The molecule has 1 aromatic carbocycles. The number of sulfone groups is 1. The third kappa shape index (κ3) is 2.36. The maximum atomic E-state index is 11.5. The van der Waals surface area contributed by atoms with Gasteiger partial charge in [0.2, 0.25) is 0 Å². The second-order valence-electron chi connectivity index (χ2n) is 4.66. The van der Waals surface area contributed by atoms with Crippen molar-refractivity contribution in [1.82, 2.24) is 14.4 Å². The SMILES string of the molecule is CNc1nccn2c(-c3ccc(S(C)(=O)=O)cc3)cnc12. The van der Waals surface area contributed by atoms with Crippen LogP contribution in [0.25, 0.3) is 16.9 Å². The minimum Gasteiger partial charge on any atom is -0.370 e. The largest absolute Gasteiger partial charge is 0.370 e. The molecule has 3 rings (SSSR count). The van der Waals surface area contributed by atoms with Crippen molar-refractivity contribution < 1.29 is 8.42 Å². The van der Waals surface area contributed by atoms with E-state index in [-0.39, 0.29) is 0 Å². The highest BCUT2D eigenvalue weighted by Crippen LogP contribution is 2.24. The van der Waals surface area contributed by atoms with Crippen LogP contribution in [0.3, 0.4) is 0 Å². The minimum absolute atomic E-state index is 0.303. The number of nitrogens with zero attached hydrogens (tertiary/aromatic N) is 3. The molecule has 0 unspecified atom stereocenters. The fraction of sp³-hybridized carbons (Fsp3) is 0.143. The molecule has 0 spiro atoms. The van der Waals surface area contributed by atoms with Crippen LogP contribution in [0.15, 0.2) is 47.8 Å². The molecule has 0 saturated carbocycles. The van der Waals surface area contributed by atoms with Crippen LogP contribution in [0, 0.1) is 0 Å². The van der Waals surface area contributed by atoms with Gasteiger partial charge in [0.1, 0.15) is 0 Å². The summed E-state index contributed by atoms with van der Waals surface area (Å²) < 4.78 is 24.9. The molecule has 21 heavy (non-hydrogen) atoms. The highest BCUT2D eigenvalue weighted by Gasteiger charge is 2.11. The lowest BCUT2D eigenvalue weighted by Crippen LogP contribution is -1.98. The number of imidazole rings is 1. The molecule has 0 aliphatic carbocycles. The van der Waals surface area contributed by atoms with Gasteiger partial charge in [-0.1, -0.05) is 12.1 Å². The van der Waals surface area contributed by atoms with Gasteiger partial charge in [0.15, 0.2) is 21.3 Å². The second kappa shape index (κ2) is 4.85. The summed E-state index contributed by atoms with van der Waals surface area (Å²) in [5.41, 5.74) is 2.49. The van der Waals surface area contributed by atoms with E-state index in [4.69, 9.17) is 0 Å². The Morgan fingerprint density at radius 3 is 2.48 bits per heavy atom. The summed E-state index contributed by atoms with van der Waals surface area (Å²) in [5.74, 6) is 0.691. The number of benzene rings is 1. The zero-order valence-electron chi connectivity index (χ0n) is 11.6. The van der Waals surface area contributed by atoms with Crippen molar-refractivity contribution in [3.63, 3.8) is 0 Å². The normalized spacial score (nSPS) is 11.7. The highest BCUT2D eigenvalue weighted by molar-refractivity contribution is 7.90. The molecule has 0 fully saturated rings. The third-order valence-corrected chi connectivity index (χ3v) is 4.37. The molecular formula is C14H14N4O2S. The molecule has 0 radical (unpaired) electrons. The Kier molecular flexibility index (Phi) is 3.13. The van der Waals surface area contributed by atoms with Gasteiger partial charge in [0.05, 0.1) is 16.8 Å². The van der Waals surface area contributed by atoms with Crippen LogP contribution in [0.2, 0.25) is 0 Å². The summed E-state index contributed by atoms with van der Waals surface area (Å²) in [7, 11) is -1.39. The van der Waals surface area contributed by atoms with Crippen molar-refractivity contribution >= 4 is 21.3 Å². The summed E-state index contributed by atoms with van der Waals surface area (Å²) in [4.78, 5) is 8.87. The Bertz CT molecular complexity index is 898. The highest BCUT2D eigenvalue weighted by atomic mass is 32.2. The maximum absolute atomic E-state index is 11.5. The maximum Gasteiger partial charge on any atom is 0.180 e. The van der Waals surface area contributed by atoms with Gasteiger partial charge in [0.25, 0.3) is 0 Å². The molecule has 0 atom stereocenters. The van der Waals surface area contributed by atoms with Crippen LogP contribution in [0.1, 0.15) is 0 Å². The lowest BCUT2D eigenvalue weighted by molar-refractivity contribution is 0.602. The van der Waals surface area contributed by atoms with Crippen LogP contribution in [0.5, 0.6) is 0 Å². The van der Waals surface area contributed by atoms with Crippen molar-refractivity contribution in [2.45, 2.75) is 4.90 Å². The van der Waals surface area contributed by atoms with Crippen LogP contribution >= 0.6 is 0 Å². The first-order chi connectivity index (χ1) is 10.0. The number of anilines is 1. The van der Waals surface area contributed by atoms with Crippen molar-refractivity contribution in [2.75, 3.05) is 18.6 Å². The molecule has 0 amide bonds. The van der Waals surface area contributed by atoms with E-state index in [0.717, 1.165) is 16.9 Å². The Morgan fingerprint density at radius 1 is 1.14 bits per heavy atom. The first-order valence-corrected chi connectivity index (χ1v) is 8.20. The Labute approximate surface area is 122 Å². The molecule has 0 aliphatic heterocycles. The van der Waals surface area contributed by atoms with E-state index < -0.39 is 9.84 Å². The third-order valence-electron chi connectivity index (χ3n) is 3.24. The number of hydrogen-bond donors (Lipinski definition) is 1. The Morgan fingerprint density at radius 2 is 1.86 bits per heavy atom. The predicted octanol–water partition coefficient (Wildman–Crippen LogP) is 1.84. The van der Waals surface area contributed by atoms with Gasteiger partial charge in [-0.25, -0.2) is 18.4 Å². The zero-order chi connectivity index (χ0) is 15.0. The minimum atomic E-state index is -3.18. The van der Waals surface area contributed by atoms with Gasteiger partial charge in [-0.15, -0.1) is 0 Å². The zero-order valence-corrected chi connectivity index (χ0v) is 12.4. The van der Waals surface area contributed by atoms with Gasteiger partial charge in [-0.05, 0) is 12.1 Å². The molecule has 3 aromatic rings. The topological polar surface area (TPSA) is 76.4 Å². The summed E-state index contributed by atoms with van der Waals surface area (Å²) >= 11 is 0. The van der Waals surface area contributed by atoms with Crippen LogP contribution in [-0.2, 0) is 9.84 Å². The van der Waals surface area contributed by atoms with Crippen molar-refractivity contribution in [2.24, 2.45) is 0 Å². The van der Waals surface area contributed by atoms with E-state index in [1.54, 1.807) is 43.7 Å². The standard InChI is InChI=1S/C14H14N4O2S/c1-15-13-14-17-9-12(18(14)8-7-16-13)10-3-5-11(6-4-10)21(2,19)20/h3-9H,1-2H3,(H,15,16). The molecule has 6 nitrogen and oxygen atoms in total. The van der Waals surface area contributed by atoms with E-state index in [2.05, 4.69) is 15.3 Å². The summed E-state index contributed by atoms with van der Waals surface area (Å²) in [5, 5.41) is 2.99. The number of hydrogen-bond acceptors (Lipinski definition) is 5. The van der Waals surface area contributed by atoms with Crippen molar-refractivity contribution in [3.8, 4) is 11.3 Å². The number of aromatic nitrogens is 3. The van der Waals surface area contributed by atoms with Crippen molar-refractivity contribution in [3.05, 3.63) is 42.9 Å². The monoisotopic (exact) mass is 302 g/mol. The molecule has 2 heterocycles. The average molecular weight is 302 g/mol. The van der Waals surface area contributed by atoms with Gasteiger partial charge in [-0.2, -0.15) is 0 Å². The average Bonchev–Trinajstić information content (AvgIpc) is 2.90. The van der Waals surface area contributed by atoms with E-state index >= 15 is 0 Å². The fourth-order valence-corrected chi connectivity index (χ4v) is 2.81. The van der Waals surface area contributed by atoms with E-state index in [1.807, 2.05) is 10.6 Å². The van der Waals surface area contributed by atoms with E-state index in [0.29, 0.717) is 10.7 Å². The molecule has 0 aliphatic rings. The van der Waals surface area contributed by atoms with Crippen molar-refractivity contribution in [1.29, 1.82) is 0 Å². The van der Waals surface area contributed by atoms with Gasteiger partial charge in [-0.3, -0.25) is 4.40 Å². The number of nitrogens with one attached hydrogen (secondary N) is 1. The molecule has 7 heteroatoms. The Balaban J connectivity index is 2.13. The summed E-state index contributed by atoms with van der Waals surface area (Å²) in [6.45, 7) is 0. The fourth-order valence-electron chi connectivity index (χ4n) is 2.18. The van der Waals surface area contributed by atoms with Crippen LogP contribution in [0.4, 0.5) is 5.82 Å². The first-order valence-electron chi connectivity index (χ1n) is 6.31. The molecular weight excluding hydrogens is 288 g/mol. The summed E-state index contributed by atoms with van der Waals surface area (Å²) in [6.07, 6.45) is 6.45. The predicted molar refractivity (Wildman–Crippen MR) is 81.1 cm³/mol. The smallest absolute Gasteiger partial charge is 0.180 e. The Hall–Kier alpha value is -2.41.